The summed E-state index contributed by atoms with van der Waals surface area (Å²) in [6.45, 7) is 0. The maximum atomic E-state index is 13.9. The summed E-state index contributed by atoms with van der Waals surface area (Å²) in [5, 5.41) is 25.8. The lowest BCUT2D eigenvalue weighted by molar-refractivity contribution is -0.161. The van der Waals surface area contributed by atoms with Crippen LogP contribution in [0.15, 0.2) is 99.8 Å². The molecule has 0 atom stereocenters. The zero-order valence-electron chi connectivity index (χ0n) is 34.3. The van der Waals surface area contributed by atoms with E-state index in [1.165, 1.54) is 30.3 Å². The summed E-state index contributed by atoms with van der Waals surface area (Å²) in [5.41, 5.74) is 3.73. The van der Waals surface area contributed by atoms with Crippen LogP contribution in [0, 0.1) is 29.3 Å². The monoisotopic (exact) mass is 876 g/mol. The van der Waals surface area contributed by atoms with Gasteiger partial charge in [0.25, 0.3) is 0 Å². The van der Waals surface area contributed by atoms with Crippen molar-refractivity contribution in [2.45, 2.75) is 76.0 Å². The number of halogens is 3. The Kier molecular flexibility index (Phi) is 13.4. The fourth-order valence-electron chi connectivity index (χ4n) is 8.22. The minimum absolute atomic E-state index is 0.00533. The molecule has 15 nitrogen and oxygen atoms in total. The maximum Gasteiger partial charge on any atom is 0.320 e. The first-order valence-electron chi connectivity index (χ1n) is 21.0. The van der Waals surface area contributed by atoms with Gasteiger partial charge in [-0.1, -0.05) is 34.5 Å². The SMILES string of the molecule is O=C(CC1CCC(c2ccc(NC(=O)c3nnc(Nc4ccc(F)cc4)o3)cc2)CC1)OC(=O)CC1CCC(c2ccc(NC(=O)c3nnc(Nc4ccc(F)cc4F)o3)cc2)CC1. The maximum absolute atomic E-state index is 13.9. The average Bonchev–Trinajstić information content (AvgIpc) is 3.97. The van der Waals surface area contributed by atoms with Gasteiger partial charge >= 0.3 is 47.6 Å². The van der Waals surface area contributed by atoms with Crippen molar-refractivity contribution in [3.63, 3.8) is 0 Å². The second-order valence-corrected chi connectivity index (χ2v) is 16.0. The number of carbonyl (C=O) groups is 4. The van der Waals surface area contributed by atoms with Gasteiger partial charge in [-0.15, -0.1) is 10.2 Å². The lowest BCUT2D eigenvalue weighted by atomic mass is 9.77. The first-order chi connectivity index (χ1) is 31.0. The van der Waals surface area contributed by atoms with Crippen LogP contribution in [-0.2, 0) is 14.3 Å². The zero-order chi connectivity index (χ0) is 44.6. The number of carbonyl (C=O) groups excluding carboxylic acids is 4. The molecule has 330 valence electrons. The Morgan fingerprint density at radius 3 is 1.44 bits per heavy atom. The summed E-state index contributed by atoms with van der Waals surface area (Å²) in [5.74, 6) is -3.91. The third kappa shape index (κ3) is 11.4. The van der Waals surface area contributed by atoms with Gasteiger partial charge in [0, 0.05) is 36.0 Å². The van der Waals surface area contributed by atoms with E-state index in [-0.39, 0.29) is 65.9 Å². The lowest BCUT2D eigenvalue weighted by Crippen LogP contribution is -2.22. The van der Waals surface area contributed by atoms with E-state index in [9.17, 15) is 32.3 Å². The number of anilines is 6. The third-order valence-electron chi connectivity index (χ3n) is 11.6. The first-order valence-corrected chi connectivity index (χ1v) is 21.0. The topological polar surface area (TPSA) is 203 Å². The van der Waals surface area contributed by atoms with Crippen LogP contribution < -0.4 is 21.3 Å². The number of hydrogen-bond donors (Lipinski definition) is 4. The average molecular weight is 877 g/mol. The van der Waals surface area contributed by atoms with Gasteiger partial charge in [-0.3, -0.25) is 19.2 Å². The summed E-state index contributed by atoms with van der Waals surface area (Å²) >= 11 is 0. The highest BCUT2D eigenvalue weighted by molar-refractivity contribution is 6.01. The van der Waals surface area contributed by atoms with Crippen LogP contribution in [0.3, 0.4) is 0 Å². The number of amides is 2. The zero-order valence-corrected chi connectivity index (χ0v) is 34.3. The molecule has 64 heavy (non-hydrogen) atoms. The lowest BCUT2D eigenvalue weighted by Gasteiger charge is -2.29. The number of hydrogen-bond acceptors (Lipinski definition) is 13. The Morgan fingerprint density at radius 2 is 0.969 bits per heavy atom. The molecule has 0 bridgehead atoms. The van der Waals surface area contributed by atoms with Gasteiger partial charge in [0.15, 0.2) is 0 Å². The number of ether oxygens (including phenoxy) is 1. The molecule has 8 rings (SSSR count). The van der Waals surface area contributed by atoms with Gasteiger partial charge < -0.3 is 34.8 Å². The Hall–Kier alpha value is -7.37. The second kappa shape index (κ2) is 19.8. The van der Waals surface area contributed by atoms with Crippen molar-refractivity contribution in [1.82, 2.24) is 20.4 Å². The molecule has 0 saturated heterocycles. The number of nitrogens with zero attached hydrogens (tertiary/aromatic N) is 4. The number of aromatic nitrogens is 4. The molecule has 2 saturated carbocycles. The van der Waals surface area contributed by atoms with Crippen molar-refractivity contribution >= 4 is 58.5 Å². The van der Waals surface area contributed by atoms with Crippen molar-refractivity contribution in [3.8, 4) is 0 Å². The standard InChI is InChI=1S/C46H43F3N8O7/c47-32-13-20-36(21-14-32)52-45-56-54-43(63-45)41(60)50-34-16-9-30(10-17-34)28-5-1-26(2-6-28)23-39(58)62-40(59)24-27-3-7-29(8-4-27)31-11-18-35(19-12-31)51-42(61)44-55-57-46(64-44)53-38-22-15-33(48)25-37(38)49/h9-22,25-29H,1-8,23-24H2,(H,50,60)(H,51,61)(H,52,56)(H,53,57). The van der Waals surface area contributed by atoms with Gasteiger partial charge in [-0.25, -0.2) is 13.2 Å². The van der Waals surface area contributed by atoms with E-state index in [4.69, 9.17) is 13.6 Å². The van der Waals surface area contributed by atoms with E-state index in [0.29, 0.717) is 29.0 Å². The minimum atomic E-state index is -0.858. The Labute approximate surface area is 364 Å². The fourth-order valence-corrected chi connectivity index (χ4v) is 8.22. The molecule has 0 unspecified atom stereocenters. The Morgan fingerprint density at radius 1 is 0.531 bits per heavy atom. The molecule has 2 aliphatic carbocycles. The van der Waals surface area contributed by atoms with Gasteiger partial charge in [0.05, 0.1) is 5.69 Å². The van der Waals surface area contributed by atoms with Gasteiger partial charge in [-0.05, 0) is 147 Å². The molecule has 2 heterocycles. The Balaban J connectivity index is 0.706. The molecular weight excluding hydrogens is 834 g/mol. The van der Waals surface area contributed by atoms with E-state index in [0.717, 1.165) is 68.6 Å². The second-order valence-electron chi connectivity index (χ2n) is 16.0. The molecule has 0 radical (unpaired) electrons. The first kappa shape index (κ1) is 43.3. The molecule has 2 fully saturated rings. The highest BCUT2D eigenvalue weighted by atomic mass is 19.1. The number of nitrogens with one attached hydrogen (secondary N) is 4. The van der Waals surface area contributed by atoms with Crippen LogP contribution in [0.25, 0.3) is 0 Å². The van der Waals surface area contributed by atoms with E-state index < -0.39 is 35.4 Å². The highest BCUT2D eigenvalue weighted by Gasteiger charge is 2.28. The van der Waals surface area contributed by atoms with Crippen molar-refractivity contribution in [3.05, 3.63) is 131 Å². The summed E-state index contributed by atoms with van der Waals surface area (Å²) in [6.07, 6.45) is 7.19. The summed E-state index contributed by atoms with van der Waals surface area (Å²) < 4.78 is 56.3. The highest BCUT2D eigenvalue weighted by Crippen LogP contribution is 2.39. The number of esters is 2. The van der Waals surface area contributed by atoms with Crippen molar-refractivity contribution in [1.29, 1.82) is 0 Å². The molecular formula is C46H43F3N8O7. The van der Waals surface area contributed by atoms with Crippen molar-refractivity contribution < 1.29 is 45.9 Å². The van der Waals surface area contributed by atoms with Crippen LogP contribution in [0.5, 0.6) is 0 Å². The molecule has 2 aliphatic rings. The molecule has 0 spiro atoms. The van der Waals surface area contributed by atoms with E-state index in [1.54, 1.807) is 12.1 Å². The van der Waals surface area contributed by atoms with E-state index >= 15 is 0 Å². The quantitative estimate of drug-likeness (QED) is 0.0595. The van der Waals surface area contributed by atoms with E-state index in [1.807, 2.05) is 36.4 Å². The molecule has 4 aromatic carbocycles. The number of rotatable bonds is 14. The third-order valence-corrected chi connectivity index (χ3v) is 11.6. The van der Waals surface area contributed by atoms with Crippen LogP contribution in [-0.4, -0.2) is 44.1 Å². The molecule has 2 amide bonds. The summed E-state index contributed by atoms with van der Waals surface area (Å²) in [6, 6.07) is 23.2. The number of benzene rings is 4. The van der Waals surface area contributed by atoms with E-state index in [2.05, 4.69) is 41.7 Å². The van der Waals surface area contributed by atoms with Crippen LogP contribution in [0.4, 0.5) is 48.0 Å². The Bertz CT molecular complexity index is 2590. The predicted octanol–water partition coefficient (Wildman–Crippen LogP) is 9.96. The molecule has 6 aromatic rings. The molecule has 4 N–H and O–H groups in total. The van der Waals surface area contributed by atoms with Crippen LogP contribution in [0.1, 0.15) is 109 Å². The predicted molar refractivity (Wildman–Crippen MR) is 226 cm³/mol. The molecule has 0 aliphatic heterocycles. The van der Waals surface area contributed by atoms with Crippen LogP contribution in [0.2, 0.25) is 0 Å². The van der Waals surface area contributed by atoms with Crippen molar-refractivity contribution in [2.75, 3.05) is 21.3 Å². The molecule has 2 aromatic heterocycles. The van der Waals surface area contributed by atoms with Crippen molar-refractivity contribution in [2.24, 2.45) is 11.8 Å². The molecule has 18 heteroatoms. The minimum Gasteiger partial charge on any atom is -0.399 e. The van der Waals surface area contributed by atoms with Gasteiger partial charge in [0.2, 0.25) is 0 Å². The summed E-state index contributed by atoms with van der Waals surface area (Å²) in [4.78, 5) is 50.9. The normalized spacial score (nSPS) is 18.4. The smallest absolute Gasteiger partial charge is 0.320 e. The largest absolute Gasteiger partial charge is 0.399 e. The van der Waals surface area contributed by atoms with Gasteiger partial charge in [-0.2, -0.15) is 0 Å². The van der Waals surface area contributed by atoms with Crippen LogP contribution >= 0.6 is 0 Å². The van der Waals surface area contributed by atoms with Gasteiger partial charge in [0.1, 0.15) is 17.5 Å². The fraction of sp³-hybridized carbons (Fsp3) is 0.304. The summed E-state index contributed by atoms with van der Waals surface area (Å²) in [7, 11) is 0.